The Morgan fingerprint density at radius 3 is 3.23 bits per heavy atom. The number of hydrogen-bond acceptors (Lipinski definition) is 3. The first-order valence-corrected chi connectivity index (χ1v) is 4.57. The molecule has 0 saturated heterocycles. The molecule has 0 spiro atoms. The largest absolute Gasteiger partial charge is 0.361 e. The fraction of sp³-hybridized carbons (Fsp3) is 0.400. The molecule has 1 aromatic rings. The van der Waals surface area contributed by atoms with Gasteiger partial charge in [-0.3, -0.25) is 0 Å². The maximum absolute atomic E-state index is 5.40. The molecular weight excluding hydrogens is 164 g/mol. The van der Waals surface area contributed by atoms with E-state index >= 15 is 0 Å². The van der Waals surface area contributed by atoms with Crippen molar-refractivity contribution in [1.82, 2.24) is 0 Å². The minimum Gasteiger partial charge on any atom is -0.361 e. The Kier molecular flexibility index (Phi) is 2.36. The first-order valence-electron chi connectivity index (χ1n) is 4.57. The van der Waals surface area contributed by atoms with Crippen LogP contribution in [0.1, 0.15) is 8.35 Å². The van der Waals surface area contributed by atoms with E-state index in [-0.39, 0.29) is 1.43 Å². The lowest BCUT2D eigenvalue weighted by Crippen LogP contribution is -2.24. The maximum Gasteiger partial charge on any atom is 0.121 e. The van der Waals surface area contributed by atoms with E-state index in [2.05, 4.69) is 35.3 Å². The van der Waals surface area contributed by atoms with Gasteiger partial charge in [0, 0.05) is 7.97 Å². The Balaban J connectivity index is 0.000000980. The third-order valence-electron chi connectivity index (χ3n) is 2.24. The molecule has 0 saturated carbocycles. The van der Waals surface area contributed by atoms with Crippen molar-refractivity contribution in [3.8, 4) is 0 Å². The molecule has 2 rings (SSSR count). The van der Waals surface area contributed by atoms with Gasteiger partial charge in [0.2, 0.25) is 0 Å². The minimum absolute atomic E-state index is 0. The molecule has 1 aliphatic rings. The average Bonchev–Trinajstić information content (AvgIpc) is 2.39. The third kappa shape index (κ3) is 1.60. The van der Waals surface area contributed by atoms with E-state index in [1.807, 2.05) is 6.07 Å². The second kappa shape index (κ2) is 3.66. The highest BCUT2D eigenvalue weighted by atomic mass is 16.5. The van der Waals surface area contributed by atoms with E-state index in [9.17, 15) is 0 Å². The highest BCUT2D eigenvalue weighted by molar-refractivity contribution is 5.70. The summed E-state index contributed by atoms with van der Waals surface area (Å²) in [6.45, 7) is 4.36. The number of anilines is 2. The van der Waals surface area contributed by atoms with Crippen molar-refractivity contribution in [3.63, 3.8) is 0 Å². The van der Waals surface area contributed by atoms with Gasteiger partial charge in [-0.15, -0.1) is 0 Å². The molecule has 0 bridgehead atoms. The van der Waals surface area contributed by atoms with E-state index < -0.39 is 0 Å². The van der Waals surface area contributed by atoms with Crippen LogP contribution < -0.4 is 10.2 Å². The van der Waals surface area contributed by atoms with E-state index in [0.717, 1.165) is 12.2 Å². The molecule has 1 heterocycles. The highest BCUT2D eigenvalue weighted by Gasteiger charge is 2.11. The van der Waals surface area contributed by atoms with E-state index in [1.165, 1.54) is 5.69 Å². The molecular formula is C10H16N2O. The second-order valence-corrected chi connectivity index (χ2v) is 3.03. The van der Waals surface area contributed by atoms with Gasteiger partial charge in [0.1, 0.15) is 13.5 Å². The van der Waals surface area contributed by atoms with Crippen molar-refractivity contribution in [1.29, 1.82) is 0 Å². The monoisotopic (exact) mass is 180 g/mol. The second-order valence-electron chi connectivity index (χ2n) is 3.03. The van der Waals surface area contributed by atoms with Crippen LogP contribution in [-0.4, -0.2) is 20.0 Å². The Labute approximate surface area is 79.8 Å². The van der Waals surface area contributed by atoms with Crippen LogP contribution in [0.5, 0.6) is 0 Å². The van der Waals surface area contributed by atoms with Crippen LogP contribution in [-0.2, 0) is 4.74 Å². The molecule has 0 aliphatic carbocycles. The average molecular weight is 180 g/mol. The number of para-hydroxylation sites is 2. The first-order chi connectivity index (χ1) is 6.42. The molecule has 3 nitrogen and oxygen atoms in total. The van der Waals surface area contributed by atoms with Crippen LogP contribution in [0.4, 0.5) is 11.4 Å². The summed E-state index contributed by atoms with van der Waals surface area (Å²) in [6.07, 6.45) is 0. The summed E-state index contributed by atoms with van der Waals surface area (Å²) in [5.74, 6) is 0. The van der Waals surface area contributed by atoms with Crippen molar-refractivity contribution in [2.75, 3.05) is 30.2 Å². The molecule has 0 fully saturated rings. The van der Waals surface area contributed by atoms with Crippen LogP contribution in [0.15, 0.2) is 24.3 Å². The van der Waals surface area contributed by atoms with Gasteiger partial charge < -0.3 is 15.0 Å². The van der Waals surface area contributed by atoms with Crippen LogP contribution in [0, 0.1) is 0 Å². The lowest BCUT2D eigenvalue weighted by atomic mass is 10.2. The zero-order valence-corrected chi connectivity index (χ0v) is 7.79. The van der Waals surface area contributed by atoms with Gasteiger partial charge >= 0.3 is 0 Å². The number of benzene rings is 1. The summed E-state index contributed by atoms with van der Waals surface area (Å²) in [6, 6.07) is 8.27. The molecule has 1 N–H and O–H groups in total. The smallest absolute Gasteiger partial charge is 0.121 e. The van der Waals surface area contributed by atoms with Gasteiger partial charge in [0.15, 0.2) is 0 Å². The molecule has 0 radical (unpaired) electrons. The number of hydrogen-bond donors (Lipinski definition) is 1. The maximum atomic E-state index is 5.40. The fourth-order valence-corrected chi connectivity index (χ4v) is 1.51. The first kappa shape index (κ1) is 8.38. The fourth-order valence-electron chi connectivity index (χ4n) is 1.51. The topological polar surface area (TPSA) is 24.5 Å². The molecule has 0 unspecified atom stereocenters. The van der Waals surface area contributed by atoms with E-state index in [4.69, 9.17) is 4.74 Å². The number of fused-ring (bicyclic) bond motifs is 1. The van der Waals surface area contributed by atoms with Gasteiger partial charge in [-0.2, -0.15) is 0 Å². The summed E-state index contributed by atoms with van der Waals surface area (Å²) >= 11 is 0. The summed E-state index contributed by atoms with van der Waals surface area (Å²) in [4.78, 5) is 2.20. The zero-order chi connectivity index (χ0) is 9.10. The van der Waals surface area contributed by atoms with Gasteiger partial charge in [-0.25, -0.2) is 0 Å². The summed E-state index contributed by atoms with van der Waals surface area (Å²) in [7, 11) is 0. The van der Waals surface area contributed by atoms with Crippen molar-refractivity contribution in [3.05, 3.63) is 24.3 Å². The molecule has 0 amide bonds. The molecule has 3 heteroatoms. The summed E-state index contributed by atoms with van der Waals surface area (Å²) in [5, 5.41) is 3.23. The molecule has 72 valence electrons. The van der Waals surface area contributed by atoms with Gasteiger partial charge in [-0.05, 0) is 19.1 Å². The highest BCUT2D eigenvalue weighted by Crippen LogP contribution is 2.26. The van der Waals surface area contributed by atoms with E-state index in [0.29, 0.717) is 13.5 Å². The minimum atomic E-state index is 0. The Morgan fingerprint density at radius 2 is 2.38 bits per heavy atom. The standard InChI is InChI=1S/C10H14N2O.H2/c1-2-12-8-13-7-11-9-5-3-4-6-10(9)12;/h3-6,11H,2,7-8H2,1H3;1H. The molecule has 0 atom stereocenters. The molecule has 1 aromatic carbocycles. The van der Waals surface area contributed by atoms with Crippen LogP contribution in [0.3, 0.4) is 0 Å². The quantitative estimate of drug-likeness (QED) is 0.716. The number of rotatable bonds is 1. The normalized spacial score (nSPS) is 15.9. The predicted octanol–water partition coefficient (Wildman–Crippen LogP) is 2.12. The zero-order valence-electron chi connectivity index (χ0n) is 7.79. The van der Waals surface area contributed by atoms with Crippen molar-refractivity contribution in [2.24, 2.45) is 0 Å². The van der Waals surface area contributed by atoms with Crippen molar-refractivity contribution >= 4 is 11.4 Å². The van der Waals surface area contributed by atoms with Crippen LogP contribution >= 0.6 is 0 Å². The van der Waals surface area contributed by atoms with Gasteiger partial charge in [-0.1, -0.05) is 12.1 Å². The lowest BCUT2D eigenvalue weighted by Gasteiger charge is -2.21. The van der Waals surface area contributed by atoms with Crippen molar-refractivity contribution < 1.29 is 6.16 Å². The molecule has 1 aliphatic heterocycles. The lowest BCUT2D eigenvalue weighted by molar-refractivity contribution is 0.156. The number of nitrogens with one attached hydrogen (secondary N) is 1. The van der Waals surface area contributed by atoms with Gasteiger partial charge in [0.05, 0.1) is 11.4 Å². The SMILES string of the molecule is CCN1COCNc2ccccc21.[HH]. The Morgan fingerprint density at radius 1 is 1.54 bits per heavy atom. The van der Waals surface area contributed by atoms with E-state index in [1.54, 1.807) is 0 Å². The molecule has 0 aromatic heterocycles. The third-order valence-corrected chi connectivity index (χ3v) is 2.24. The van der Waals surface area contributed by atoms with Crippen LogP contribution in [0.25, 0.3) is 0 Å². The Hall–Kier alpha value is -1.22. The predicted molar refractivity (Wildman–Crippen MR) is 56.0 cm³/mol. The number of nitrogens with zero attached hydrogens (tertiary/aromatic N) is 1. The summed E-state index contributed by atoms with van der Waals surface area (Å²) in [5.41, 5.74) is 2.38. The summed E-state index contributed by atoms with van der Waals surface area (Å²) < 4.78 is 5.40. The van der Waals surface area contributed by atoms with Crippen molar-refractivity contribution in [2.45, 2.75) is 6.92 Å². The van der Waals surface area contributed by atoms with Crippen LogP contribution in [0.2, 0.25) is 0 Å². The molecule has 13 heavy (non-hydrogen) atoms. The Bertz CT molecular complexity index is 293. The number of ether oxygens (including phenoxy) is 1. The van der Waals surface area contributed by atoms with Gasteiger partial charge in [0.25, 0.3) is 0 Å².